The lowest BCUT2D eigenvalue weighted by Gasteiger charge is -2.24. The minimum absolute atomic E-state index is 0.482. The third-order valence-electron chi connectivity index (χ3n) is 3.88. The van der Waals surface area contributed by atoms with Crippen LogP contribution in [0.25, 0.3) is 0 Å². The van der Waals surface area contributed by atoms with E-state index in [0.29, 0.717) is 11.7 Å². The molecular weight excluding hydrogens is 276 g/mol. The van der Waals surface area contributed by atoms with Crippen LogP contribution >= 0.6 is 15.9 Å². The highest BCUT2D eigenvalue weighted by atomic mass is 79.9. The van der Waals surface area contributed by atoms with Gasteiger partial charge in [0.05, 0.1) is 0 Å². The number of phenolic OH excluding ortho intramolecular Hbond substituents is 1. The second-order valence-corrected chi connectivity index (χ2v) is 5.90. The van der Waals surface area contributed by atoms with E-state index in [-0.39, 0.29) is 0 Å². The van der Waals surface area contributed by atoms with Crippen molar-refractivity contribution in [2.45, 2.75) is 51.4 Å². The van der Waals surface area contributed by atoms with E-state index < -0.39 is 0 Å². The van der Waals surface area contributed by atoms with Gasteiger partial charge in [-0.2, -0.15) is 0 Å². The Morgan fingerprint density at radius 1 is 1.24 bits per heavy atom. The van der Waals surface area contributed by atoms with Gasteiger partial charge in [0.15, 0.2) is 0 Å². The van der Waals surface area contributed by atoms with Gasteiger partial charge in [0.25, 0.3) is 0 Å². The highest BCUT2D eigenvalue weighted by molar-refractivity contribution is 9.09. The molecule has 0 bridgehead atoms. The molecule has 1 N–H and O–H groups in total. The lowest BCUT2D eigenvalue weighted by molar-refractivity contribution is 0.435. The highest BCUT2D eigenvalue weighted by Gasteiger charge is 2.18. The summed E-state index contributed by atoms with van der Waals surface area (Å²) in [5, 5.41) is 11.0. The van der Waals surface area contributed by atoms with Gasteiger partial charge in [0.2, 0.25) is 0 Å². The first-order valence-electron chi connectivity index (χ1n) is 6.60. The molecule has 0 aromatic heterocycles. The highest BCUT2D eigenvalue weighted by Crippen LogP contribution is 2.36. The molecule has 1 aromatic carbocycles. The molecule has 0 spiro atoms. The van der Waals surface area contributed by atoms with Crippen LogP contribution in [0, 0.1) is 6.92 Å². The van der Waals surface area contributed by atoms with Crippen molar-refractivity contribution in [1.29, 1.82) is 0 Å². The Labute approximate surface area is 112 Å². The monoisotopic (exact) mass is 296 g/mol. The zero-order valence-corrected chi connectivity index (χ0v) is 12.1. The Kier molecular flexibility index (Phi) is 4.49. The average Bonchev–Trinajstić information content (AvgIpc) is 2.35. The molecule has 1 saturated carbocycles. The van der Waals surface area contributed by atoms with Gasteiger partial charge in [-0.3, -0.25) is 0 Å². The predicted octanol–water partition coefficient (Wildman–Crippen LogP) is 4.69. The summed E-state index contributed by atoms with van der Waals surface area (Å²) in [6.45, 7) is 2.18. The van der Waals surface area contributed by atoms with Crippen molar-refractivity contribution in [3.05, 3.63) is 28.8 Å². The second-order valence-electron chi connectivity index (χ2n) is 5.11. The van der Waals surface area contributed by atoms with Crippen molar-refractivity contribution < 1.29 is 5.11 Å². The number of benzene rings is 1. The molecule has 0 aliphatic heterocycles. The van der Waals surface area contributed by atoms with E-state index >= 15 is 0 Å². The van der Waals surface area contributed by atoms with Gasteiger partial charge in [0, 0.05) is 5.33 Å². The molecule has 0 saturated heterocycles. The number of hydrogen-bond acceptors (Lipinski definition) is 1. The zero-order chi connectivity index (χ0) is 12.3. The van der Waals surface area contributed by atoms with Crippen LogP contribution in [0.3, 0.4) is 0 Å². The summed E-state index contributed by atoms with van der Waals surface area (Å²) in [4.78, 5) is 0. The van der Waals surface area contributed by atoms with Crippen molar-refractivity contribution >= 4 is 15.9 Å². The minimum Gasteiger partial charge on any atom is -0.508 e. The van der Waals surface area contributed by atoms with Crippen LogP contribution in [0.2, 0.25) is 0 Å². The summed E-state index contributed by atoms with van der Waals surface area (Å²) < 4.78 is 0. The summed E-state index contributed by atoms with van der Waals surface area (Å²) in [7, 11) is 0. The molecule has 2 rings (SSSR count). The number of aromatic hydroxyl groups is 1. The smallest absolute Gasteiger partial charge is 0.119 e. The van der Waals surface area contributed by atoms with Gasteiger partial charge in [-0.1, -0.05) is 41.3 Å². The fourth-order valence-corrected chi connectivity index (χ4v) is 3.36. The number of rotatable bonds is 3. The van der Waals surface area contributed by atoms with Crippen LogP contribution in [0.4, 0.5) is 0 Å². The number of phenols is 1. The average molecular weight is 297 g/mol. The topological polar surface area (TPSA) is 20.2 Å². The molecule has 0 heterocycles. The molecule has 1 aliphatic carbocycles. The molecule has 0 amide bonds. The largest absolute Gasteiger partial charge is 0.508 e. The number of halogens is 1. The van der Waals surface area contributed by atoms with Crippen LogP contribution < -0.4 is 0 Å². The normalized spacial score (nSPS) is 17.3. The third-order valence-corrected chi connectivity index (χ3v) is 4.27. The van der Waals surface area contributed by atoms with Gasteiger partial charge in [-0.15, -0.1) is 0 Å². The van der Waals surface area contributed by atoms with Crippen LogP contribution in [0.1, 0.15) is 54.7 Å². The molecule has 1 nitrogen and oxygen atoms in total. The second kappa shape index (κ2) is 5.90. The lowest BCUT2D eigenvalue weighted by Crippen LogP contribution is -2.06. The quantitative estimate of drug-likeness (QED) is 0.803. The molecule has 0 unspecified atom stereocenters. The Morgan fingerprint density at radius 3 is 2.59 bits per heavy atom. The van der Waals surface area contributed by atoms with Gasteiger partial charge in [0.1, 0.15) is 5.75 Å². The Morgan fingerprint density at radius 2 is 1.94 bits per heavy atom. The molecule has 17 heavy (non-hydrogen) atoms. The van der Waals surface area contributed by atoms with E-state index in [1.807, 2.05) is 6.07 Å². The van der Waals surface area contributed by atoms with E-state index in [1.54, 1.807) is 0 Å². The molecule has 1 fully saturated rings. The Bertz CT molecular complexity index is 381. The van der Waals surface area contributed by atoms with Crippen LogP contribution in [-0.2, 0) is 6.42 Å². The van der Waals surface area contributed by atoms with E-state index in [1.165, 1.54) is 43.2 Å². The molecule has 0 atom stereocenters. The summed E-state index contributed by atoms with van der Waals surface area (Å²) >= 11 is 3.43. The third kappa shape index (κ3) is 3.04. The fourth-order valence-electron chi connectivity index (χ4n) is 2.93. The van der Waals surface area contributed by atoms with Crippen molar-refractivity contribution in [2.24, 2.45) is 0 Å². The molecule has 2 heteroatoms. The summed E-state index contributed by atoms with van der Waals surface area (Å²) in [6, 6.07) is 4.18. The molecule has 1 aromatic rings. The van der Waals surface area contributed by atoms with E-state index in [0.717, 1.165) is 17.3 Å². The van der Waals surface area contributed by atoms with Crippen LogP contribution in [0.5, 0.6) is 5.75 Å². The molecule has 94 valence electrons. The van der Waals surface area contributed by atoms with Gasteiger partial charge in [-0.05, 0) is 54.9 Å². The Balaban J connectivity index is 2.25. The first-order chi connectivity index (χ1) is 8.22. The van der Waals surface area contributed by atoms with Crippen molar-refractivity contribution in [2.75, 3.05) is 5.33 Å². The van der Waals surface area contributed by atoms with Gasteiger partial charge >= 0.3 is 0 Å². The summed E-state index contributed by atoms with van der Waals surface area (Å²) in [5.41, 5.74) is 3.80. The van der Waals surface area contributed by atoms with E-state index in [2.05, 4.69) is 28.9 Å². The predicted molar refractivity (Wildman–Crippen MR) is 76.2 cm³/mol. The standard InChI is InChI=1S/C15H21BrO/c1-11-9-13(7-8-16)15(17)10-14(11)12-5-3-2-4-6-12/h9-10,12,17H,2-8H2,1H3. The maximum Gasteiger partial charge on any atom is 0.119 e. The van der Waals surface area contributed by atoms with Crippen molar-refractivity contribution in [3.63, 3.8) is 0 Å². The first-order valence-corrected chi connectivity index (χ1v) is 7.73. The Hall–Kier alpha value is -0.500. The van der Waals surface area contributed by atoms with Crippen molar-refractivity contribution in [3.8, 4) is 5.75 Å². The summed E-state index contributed by atoms with van der Waals surface area (Å²) in [6.07, 6.45) is 7.54. The van der Waals surface area contributed by atoms with E-state index in [9.17, 15) is 5.11 Å². The molecular formula is C15H21BrO. The zero-order valence-electron chi connectivity index (χ0n) is 10.5. The number of hydrogen-bond donors (Lipinski definition) is 1. The number of aryl methyl sites for hydroxylation is 2. The maximum absolute atomic E-state index is 10.1. The van der Waals surface area contributed by atoms with Crippen LogP contribution in [0.15, 0.2) is 12.1 Å². The van der Waals surface area contributed by atoms with E-state index in [4.69, 9.17) is 0 Å². The van der Waals surface area contributed by atoms with Gasteiger partial charge < -0.3 is 5.11 Å². The lowest BCUT2D eigenvalue weighted by atomic mass is 9.81. The molecule has 0 radical (unpaired) electrons. The minimum atomic E-state index is 0.482. The summed E-state index contributed by atoms with van der Waals surface area (Å²) in [5.74, 6) is 1.16. The maximum atomic E-state index is 10.1. The SMILES string of the molecule is Cc1cc(CCBr)c(O)cc1C1CCCCC1. The first kappa shape index (κ1) is 12.9. The van der Waals surface area contributed by atoms with Crippen molar-refractivity contribution in [1.82, 2.24) is 0 Å². The van der Waals surface area contributed by atoms with Gasteiger partial charge in [-0.25, -0.2) is 0 Å². The molecule has 1 aliphatic rings. The number of alkyl halides is 1. The van der Waals surface area contributed by atoms with Crippen LogP contribution in [-0.4, -0.2) is 10.4 Å². The fraction of sp³-hybridized carbons (Fsp3) is 0.600.